The van der Waals surface area contributed by atoms with Crippen molar-refractivity contribution in [3.63, 3.8) is 0 Å². The molecular formula is C9H20N2O2S. The Bertz CT molecular complexity index is 172. The molecule has 5 heteroatoms. The average molecular weight is 220 g/mol. The number of rotatable bonds is 6. The van der Waals surface area contributed by atoms with Gasteiger partial charge in [-0.05, 0) is 20.1 Å². The summed E-state index contributed by atoms with van der Waals surface area (Å²) in [7, 11) is 0. The highest BCUT2D eigenvalue weighted by Gasteiger charge is 2.17. The van der Waals surface area contributed by atoms with Crippen LogP contribution in [0.4, 0.5) is 0 Å². The summed E-state index contributed by atoms with van der Waals surface area (Å²) in [5.74, 6) is -0.0556. The summed E-state index contributed by atoms with van der Waals surface area (Å²) in [5.41, 5.74) is 5.49. The number of amides is 1. The molecule has 3 unspecified atom stereocenters. The topological polar surface area (TPSA) is 75.3 Å². The lowest BCUT2D eigenvalue weighted by molar-refractivity contribution is -0.121. The quantitative estimate of drug-likeness (QED) is 0.587. The van der Waals surface area contributed by atoms with Gasteiger partial charge in [-0.2, -0.15) is 11.8 Å². The third kappa shape index (κ3) is 5.47. The summed E-state index contributed by atoms with van der Waals surface area (Å²) in [6.45, 7) is 3.75. The summed E-state index contributed by atoms with van der Waals surface area (Å²) in [4.78, 5) is 11.3. The minimum absolute atomic E-state index is 0.0266. The van der Waals surface area contributed by atoms with Gasteiger partial charge in [-0.1, -0.05) is 0 Å². The van der Waals surface area contributed by atoms with Crippen molar-refractivity contribution in [2.75, 3.05) is 12.9 Å². The van der Waals surface area contributed by atoms with Crippen molar-refractivity contribution in [3.8, 4) is 0 Å². The smallest absolute Gasteiger partial charge is 0.221 e. The van der Waals surface area contributed by atoms with E-state index < -0.39 is 0 Å². The molecule has 14 heavy (non-hydrogen) atoms. The maximum atomic E-state index is 11.3. The van der Waals surface area contributed by atoms with Crippen LogP contribution in [0.2, 0.25) is 0 Å². The first kappa shape index (κ1) is 13.7. The van der Waals surface area contributed by atoms with Gasteiger partial charge in [0, 0.05) is 23.8 Å². The molecule has 0 heterocycles. The van der Waals surface area contributed by atoms with Crippen molar-refractivity contribution >= 4 is 17.7 Å². The first-order valence-electron chi connectivity index (χ1n) is 4.69. The van der Waals surface area contributed by atoms with E-state index in [1.54, 1.807) is 18.7 Å². The van der Waals surface area contributed by atoms with Gasteiger partial charge >= 0.3 is 0 Å². The van der Waals surface area contributed by atoms with E-state index in [0.29, 0.717) is 6.42 Å². The Hall–Kier alpha value is -0.260. The number of aliphatic hydroxyl groups is 1. The van der Waals surface area contributed by atoms with Crippen LogP contribution < -0.4 is 11.1 Å². The maximum absolute atomic E-state index is 11.3. The predicted molar refractivity (Wildman–Crippen MR) is 60.3 cm³/mol. The van der Waals surface area contributed by atoms with Crippen LogP contribution in [0.25, 0.3) is 0 Å². The Kier molecular flexibility index (Phi) is 6.96. The number of nitrogens with one attached hydrogen (secondary N) is 1. The van der Waals surface area contributed by atoms with E-state index in [2.05, 4.69) is 5.32 Å². The minimum Gasteiger partial charge on any atom is -0.395 e. The fourth-order valence-electron chi connectivity index (χ4n) is 1.14. The number of carbonyl (C=O) groups excluding carboxylic acids is 1. The number of carbonyl (C=O) groups is 1. The van der Waals surface area contributed by atoms with Gasteiger partial charge in [0.15, 0.2) is 0 Å². The molecular weight excluding hydrogens is 200 g/mol. The van der Waals surface area contributed by atoms with E-state index in [0.717, 1.165) is 0 Å². The van der Waals surface area contributed by atoms with Crippen molar-refractivity contribution in [3.05, 3.63) is 0 Å². The number of hydrogen-bond donors (Lipinski definition) is 3. The summed E-state index contributed by atoms with van der Waals surface area (Å²) in [6.07, 6.45) is 2.24. The van der Waals surface area contributed by atoms with Crippen molar-refractivity contribution in [2.45, 2.75) is 37.6 Å². The lowest BCUT2D eigenvalue weighted by atomic mass is 10.2. The van der Waals surface area contributed by atoms with Gasteiger partial charge in [0.1, 0.15) is 0 Å². The zero-order valence-electron chi connectivity index (χ0n) is 8.99. The van der Waals surface area contributed by atoms with Crippen molar-refractivity contribution in [2.24, 2.45) is 5.73 Å². The van der Waals surface area contributed by atoms with Gasteiger partial charge in [0.05, 0.1) is 6.61 Å². The second-order valence-corrected chi connectivity index (χ2v) is 4.57. The van der Waals surface area contributed by atoms with Crippen molar-refractivity contribution in [1.29, 1.82) is 0 Å². The van der Waals surface area contributed by atoms with Gasteiger partial charge in [0.25, 0.3) is 0 Å². The first-order chi connectivity index (χ1) is 6.51. The third-order valence-electron chi connectivity index (χ3n) is 1.94. The molecule has 0 aliphatic carbocycles. The SMILES string of the molecule is CSC(CO)C(C)NC(=O)CC(C)N. The van der Waals surface area contributed by atoms with Crippen LogP contribution in [-0.2, 0) is 4.79 Å². The van der Waals surface area contributed by atoms with Crippen LogP contribution in [-0.4, -0.2) is 41.2 Å². The van der Waals surface area contributed by atoms with Gasteiger partial charge in [-0.15, -0.1) is 0 Å². The molecule has 0 rings (SSSR count). The number of aliphatic hydroxyl groups excluding tert-OH is 1. The molecule has 0 aliphatic heterocycles. The lowest BCUT2D eigenvalue weighted by Gasteiger charge is -2.21. The Morgan fingerprint density at radius 1 is 1.57 bits per heavy atom. The van der Waals surface area contributed by atoms with Crippen LogP contribution in [0.15, 0.2) is 0 Å². The average Bonchev–Trinajstić information content (AvgIpc) is 2.04. The normalized spacial score (nSPS) is 17.2. The molecule has 84 valence electrons. The van der Waals surface area contributed by atoms with E-state index in [-0.39, 0.29) is 29.8 Å². The van der Waals surface area contributed by atoms with E-state index in [9.17, 15) is 4.79 Å². The second-order valence-electron chi connectivity index (χ2n) is 3.49. The van der Waals surface area contributed by atoms with Gasteiger partial charge in [-0.3, -0.25) is 4.79 Å². The van der Waals surface area contributed by atoms with Crippen LogP contribution in [0.3, 0.4) is 0 Å². The fraction of sp³-hybridized carbons (Fsp3) is 0.889. The highest BCUT2D eigenvalue weighted by Crippen LogP contribution is 2.10. The number of nitrogens with two attached hydrogens (primary N) is 1. The summed E-state index contributed by atoms with van der Waals surface area (Å²) < 4.78 is 0. The van der Waals surface area contributed by atoms with Gasteiger partial charge in [0.2, 0.25) is 5.91 Å². The molecule has 0 aromatic heterocycles. The predicted octanol–water partition coefficient (Wildman–Crippen LogP) is -0.0477. The largest absolute Gasteiger partial charge is 0.395 e. The molecule has 0 saturated carbocycles. The zero-order valence-corrected chi connectivity index (χ0v) is 9.80. The molecule has 0 saturated heterocycles. The summed E-state index contributed by atoms with van der Waals surface area (Å²) in [6, 6.07) is -0.148. The Morgan fingerprint density at radius 3 is 2.50 bits per heavy atom. The first-order valence-corrected chi connectivity index (χ1v) is 5.98. The minimum atomic E-state index is -0.121. The molecule has 0 bridgehead atoms. The van der Waals surface area contributed by atoms with Gasteiger partial charge < -0.3 is 16.2 Å². The monoisotopic (exact) mass is 220 g/mol. The molecule has 0 fully saturated rings. The molecule has 4 nitrogen and oxygen atoms in total. The van der Waals surface area contributed by atoms with Crippen LogP contribution >= 0.6 is 11.8 Å². The lowest BCUT2D eigenvalue weighted by Crippen LogP contribution is -2.42. The van der Waals surface area contributed by atoms with Gasteiger partial charge in [-0.25, -0.2) is 0 Å². The molecule has 0 radical (unpaired) electrons. The van der Waals surface area contributed by atoms with Crippen LogP contribution in [0.5, 0.6) is 0 Å². The molecule has 0 spiro atoms. The second kappa shape index (κ2) is 7.09. The molecule has 4 N–H and O–H groups in total. The fourth-order valence-corrected chi connectivity index (χ4v) is 1.76. The van der Waals surface area contributed by atoms with Crippen LogP contribution in [0, 0.1) is 0 Å². The molecule has 1 amide bonds. The molecule has 0 aromatic rings. The summed E-state index contributed by atoms with van der Waals surface area (Å²) in [5, 5.41) is 11.9. The zero-order chi connectivity index (χ0) is 11.1. The number of hydrogen-bond acceptors (Lipinski definition) is 4. The highest BCUT2D eigenvalue weighted by molar-refractivity contribution is 7.99. The summed E-state index contributed by atoms with van der Waals surface area (Å²) >= 11 is 1.54. The van der Waals surface area contributed by atoms with E-state index in [1.165, 1.54) is 0 Å². The van der Waals surface area contributed by atoms with E-state index in [4.69, 9.17) is 10.8 Å². The van der Waals surface area contributed by atoms with E-state index in [1.807, 2.05) is 13.2 Å². The Morgan fingerprint density at radius 2 is 2.14 bits per heavy atom. The molecule has 0 aromatic carbocycles. The third-order valence-corrected chi connectivity index (χ3v) is 3.10. The standard InChI is InChI=1S/C9H20N2O2S/c1-6(10)4-9(13)11-7(2)8(5-12)14-3/h6-8,12H,4-5,10H2,1-3H3,(H,11,13). The van der Waals surface area contributed by atoms with E-state index >= 15 is 0 Å². The van der Waals surface area contributed by atoms with Crippen molar-refractivity contribution < 1.29 is 9.90 Å². The number of thioether (sulfide) groups is 1. The maximum Gasteiger partial charge on any atom is 0.221 e. The Balaban J connectivity index is 3.91. The van der Waals surface area contributed by atoms with Crippen LogP contribution in [0.1, 0.15) is 20.3 Å². The molecule has 3 atom stereocenters. The highest BCUT2D eigenvalue weighted by atomic mass is 32.2. The Labute approximate surface area is 89.6 Å². The molecule has 0 aliphatic rings. The van der Waals surface area contributed by atoms with Crippen molar-refractivity contribution in [1.82, 2.24) is 5.32 Å².